The normalized spacial score (nSPS) is 13.4. The van der Waals surface area contributed by atoms with Crippen molar-refractivity contribution in [2.45, 2.75) is 33.2 Å². The van der Waals surface area contributed by atoms with Crippen molar-refractivity contribution in [3.63, 3.8) is 0 Å². The van der Waals surface area contributed by atoms with Crippen LogP contribution in [0.1, 0.15) is 29.3 Å². The van der Waals surface area contributed by atoms with Crippen LogP contribution in [-0.2, 0) is 24.2 Å². The van der Waals surface area contributed by atoms with Gasteiger partial charge in [0.15, 0.2) is 0 Å². The Balaban J connectivity index is 1.78. The predicted octanol–water partition coefficient (Wildman–Crippen LogP) is 5.36. The molecule has 0 atom stereocenters. The second-order valence-corrected chi connectivity index (χ2v) is 7.46. The fourth-order valence-electron chi connectivity index (χ4n) is 3.70. The molecule has 1 amide bonds. The van der Waals surface area contributed by atoms with Gasteiger partial charge in [0.05, 0.1) is 12.2 Å². The van der Waals surface area contributed by atoms with Gasteiger partial charge in [0.25, 0.3) is 0 Å². The van der Waals surface area contributed by atoms with E-state index in [-0.39, 0.29) is 5.91 Å². The Kier molecular flexibility index (Phi) is 4.71. The van der Waals surface area contributed by atoms with Crippen molar-refractivity contribution in [2.75, 3.05) is 4.90 Å². The molecule has 4 heteroatoms. The summed E-state index contributed by atoms with van der Waals surface area (Å²) in [5.41, 5.74) is 7.55. The van der Waals surface area contributed by atoms with Crippen LogP contribution in [0.25, 0.3) is 11.3 Å². The number of halogens is 1. The molecule has 27 heavy (non-hydrogen) atoms. The number of nitrogens with zero attached hydrogens (tertiary/aromatic N) is 2. The largest absolute Gasteiger partial charge is 0.308 e. The summed E-state index contributed by atoms with van der Waals surface area (Å²) in [7, 11) is 0. The maximum atomic E-state index is 12.4. The van der Waals surface area contributed by atoms with Gasteiger partial charge in [-0.1, -0.05) is 29.8 Å². The standard InChI is InChI=1S/C23H21ClN2O/c1-15-4-3-5-22(25-15)18-8-6-17-7-9-19-13-21(24)10-11-23(19)26(16(2)27)14-20(17)12-18/h3-6,8,10-13H,7,9,14H2,1-2H3. The van der Waals surface area contributed by atoms with Crippen molar-refractivity contribution in [3.05, 3.63) is 82.0 Å². The number of benzene rings is 2. The monoisotopic (exact) mass is 376 g/mol. The second kappa shape index (κ2) is 7.16. The lowest BCUT2D eigenvalue weighted by atomic mass is 9.93. The van der Waals surface area contributed by atoms with E-state index in [2.05, 4.69) is 23.2 Å². The third-order valence-electron chi connectivity index (χ3n) is 5.09. The molecule has 3 nitrogen and oxygen atoms in total. The van der Waals surface area contributed by atoms with E-state index < -0.39 is 0 Å². The van der Waals surface area contributed by atoms with E-state index in [1.807, 2.05) is 48.2 Å². The summed E-state index contributed by atoms with van der Waals surface area (Å²) in [6.45, 7) is 4.17. The topological polar surface area (TPSA) is 33.2 Å². The average molecular weight is 377 g/mol. The summed E-state index contributed by atoms with van der Waals surface area (Å²) >= 11 is 6.19. The highest BCUT2D eigenvalue weighted by Crippen LogP contribution is 2.32. The van der Waals surface area contributed by atoms with Crippen molar-refractivity contribution in [1.29, 1.82) is 0 Å². The number of aryl methyl sites for hydroxylation is 3. The summed E-state index contributed by atoms with van der Waals surface area (Å²) in [5, 5.41) is 0.707. The molecule has 0 bridgehead atoms. The molecule has 2 heterocycles. The Morgan fingerprint density at radius 2 is 1.81 bits per heavy atom. The maximum absolute atomic E-state index is 12.4. The van der Waals surface area contributed by atoms with Gasteiger partial charge in [0.1, 0.15) is 0 Å². The van der Waals surface area contributed by atoms with Crippen molar-refractivity contribution in [3.8, 4) is 11.3 Å². The van der Waals surface area contributed by atoms with Gasteiger partial charge in [-0.05, 0) is 72.9 Å². The van der Waals surface area contributed by atoms with E-state index in [1.165, 1.54) is 11.1 Å². The Morgan fingerprint density at radius 3 is 2.59 bits per heavy atom. The number of fused-ring (bicyclic) bond motifs is 2. The molecule has 2 aromatic carbocycles. The zero-order valence-electron chi connectivity index (χ0n) is 15.5. The molecule has 0 spiro atoms. The minimum Gasteiger partial charge on any atom is -0.308 e. The highest BCUT2D eigenvalue weighted by atomic mass is 35.5. The van der Waals surface area contributed by atoms with Crippen LogP contribution >= 0.6 is 11.6 Å². The van der Waals surface area contributed by atoms with Gasteiger partial charge >= 0.3 is 0 Å². The lowest BCUT2D eigenvalue weighted by Crippen LogP contribution is -2.30. The molecule has 0 unspecified atom stereocenters. The molecule has 0 radical (unpaired) electrons. The third kappa shape index (κ3) is 3.60. The lowest BCUT2D eigenvalue weighted by molar-refractivity contribution is -0.116. The molecule has 1 aliphatic heterocycles. The number of carbonyl (C=O) groups is 1. The van der Waals surface area contributed by atoms with E-state index in [0.29, 0.717) is 11.6 Å². The van der Waals surface area contributed by atoms with Crippen LogP contribution < -0.4 is 4.90 Å². The zero-order valence-corrected chi connectivity index (χ0v) is 16.3. The molecular weight excluding hydrogens is 356 g/mol. The van der Waals surface area contributed by atoms with E-state index >= 15 is 0 Å². The van der Waals surface area contributed by atoms with Gasteiger partial charge in [-0.3, -0.25) is 9.78 Å². The fraction of sp³-hybridized carbons (Fsp3) is 0.217. The minimum absolute atomic E-state index is 0.0329. The summed E-state index contributed by atoms with van der Waals surface area (Å²) in [4.78, 5) is 18.9. The Bertz CT molecular complexity index is 1030. The van der Waals surface area contributed by atoms with E-state index in [4.69, 9.17) is 11.6 Å². The number of rotatable bonds is 1. The first-order valence-electron chi connectivity index (χ1n) is 9.13. The van der Waals surface area contributed by atoms with Gasteiger partial charge in [-0.15, -0.1) is 0 Å². The number of amides is 1. The van der Waals surface area contributed by atoms with Crippen molar-refractivity contribution in [1.82, 2.24) is 4.98 Å². The molecule has 0 fully saturated rings. The summed E-state index contributed by atoms with van der Waals surface area (Å²) < 4.78 is 0. The van der Waals surface area contributed by atoms with Crippen LogP contribution in [0.3, 0.4) is 0 Å². The van der Waals surface area contributed by atoms with E-state index in [9.17, 15) is 4.79 Å². The molecule has 0 saturated heterocycles. The Hall–Kier alpha value is -2.65. The number of carbonyl (C=O) groups excluding carboxylic acids is 1. The zero-order chi connectivity index (χ0) is 19.0. The van der Waals surface area contributed by atoms with Crippen molar-refractivity contribution >= 4 is 23.2 Å². The highest BCUT2D eigenvalue weighted by Gasteiger charge is 2.21. The molecule has 0 aliphatic carbocycles. The van der Waals surface area contributed by atoms with Crippen LogP contribution in [0.2, 0.25) is 5.02 Å². The van der Waals surface area contributed by atoms with Crippen LogP contribution in [0.15, 0.2) is 54.6 Å². The lowest BCUT2D eigenvalue weighted by Gasteiger charge is -2.28. The Labute approximate surface area is 164 Å². The molecule has 4 rings (SSSR count). The first-order valence-corrected chi connectivity index (χ1v) is 9.51. The minimum atomic E-state index is 0.0329. The average Bonchev–Trinajstić information content (AvgIpc) is 2.63. The fourth-order valence-corrected chi connectivity index (χ4v) is 3.90. The maximum Gasteiger partial charge on any atom is 0.224 e. The van der Waals surface area contributed by atoms with Crippen molar-refractivity contribution < 1.29 is 4.79 Å². The SMILES string of the molecule is CC(=O)N1Cc2cc(-c3cccc(C)n3)ccc2CCc2cc(Cl)ccc21. The third-order valence-corrected chi connectivity index (χ3v) is 5.33. The van der Waals surface area contributed by atoms with Crippen LogP contribution in [0, 0.1) is 6.92 Å². The van der Waals surface area contributed by atoms with Gasteiger partial charge in [-0.25, -0.2) is 0 Å². The van der Waals surface area contributed by atoms with Crippen molar-refractivity contribution in [2.24, 2.45) is 0 Å². The first-order chi connectivity index (χ1) is 13.0. The number of hydrogen-bond donors (Lipinski definition) is 0. The number of aromatic nitrogens is 1. The van der Waals surface area contributed by atoms with Crippen LogP contribution in [-0.4, -0.2) is 10.9 Å². The molecule has 136 valence electrons. The molecule has 0 N–H and O–H groups in total. The smallest absolute Gasteiger partial charge is 0.224 e. The van der Waals surface area contributed by atoms with Gasteiger partial charge in [0.2, 0.25) is 5.91 Å². The summed E-state index contributed by atoms with van der Waals surface area (Å²) in [6.07, 6.45) is 1.78. The quantitative estimate of drug-likeness (QED) is 0.572. The summed E-state index contributed by atoms with van der Waals surface area (Å²) in [5.74, 6) is 0.0329. The van der Waals surface area contributed by atoms with Crippen LogP contribution in [0.5, 0.6) is 0 Å². The molecule has 0 saturated carbocycles. The predicted molar refractivity (Wildman–Crippen MR) is 110 cm³/mol. The molecule has 3 aromatic rings. The number of anilines is 1. The van der Waals surface area contributed by atoms with Gasteiger partial charge < -0.3 is 4.90 Å². The van der Waals surface area contributed by atoms with Crippen LogP contribution in [0.4, 0.5) is 5.69 Å². The Morgan fingerprint density at radius 1 is 1.00 bits per heavy atom. The second-order valence-electron chi connectivity index (χ2n) is 7.03. The van der Waals surface area contributed by atoms with Gasteiger partial charge in [-0.2, -0.15) is 0 Å². The highest BCUT2D eigenvalue weighted by molar-refractivity contribution is 6.30. The summed E-state index contributed by atoms with van der Waals surface area (Å²) in [6, 6.07) is 18.3. The van der Waals surface area contributed by atoms with E-state index in [1.54, 1.807) is 6.92 Å². The molecule has 1 aromatic heterocycles. The van der Waals surface area contributed by atoms with Gasteiger partial charge in [0, 0.05) is 28.9 Å². The molecular formula is C23H21ClN2O. The number of pyridine rings is 1. The number of hydrogen-bond acceptors (Lipinski definition) is 2. The first kappa shape index (κ1) is 17.7. The molecule has 1 aliphatic rings. The van der Waals surface area contributed by atoms with E-state index in [0.717, 1.165) is 41.0 Å².